The van der Waals surface area contributed by atoms with Crippen LogP contribution in [0.4, 0.5) is 5.69 Å². The van der Waals surface area contributed by atoms with E-state index in [2.05, 4.69) is 5.32 Å². The smallest absolute Gasteiger partial charge is 0.336 e. The van der Waals surface area contributed by atoms with Crippen molar-refractivity contribution in [3.05, 3.63) is 78.4 Å². The number of benzene rings is 3. The number of esters is 1. The van der Waals surface area contributed by atoms with Crippen LogP contribution in [0.3, 0.4) is 0 Å². The summed E-state index contributed by atoms with van der Waals surface area (Å²) in [6.07, 6.45) is 3.11. The minimum Gasteiger partial charge on any atom is -0.421 e. The average molecular weight is 331 g/mol. The molecule has 0 fully saturated rings. The van der Waals surface area contributed by atoms with Crippen LogP contribution in [-0.2, 0) is 9.59 Å². The second-order valence-electron chi connectivity index (χ2n) is 5.50. The van der Waals surface area contributed by atoms with Gasteiger partial charge in [0.2, 0.25) is 5.91 Å². The highest BCUT2D eigenvalue weighted by atomic mass is 16.5. The van der Waals surface area contributed by atoms with Gasteiger partial charge in [0.25, 0.3) is 0 Å². The molecule has 0 aromatic heterocycles. The van der Waals surface area contributed by atoms with Crippen LogP contribution in [-0.4, -0.2) is 11.9 Å². The third kappa shape index (κ3) is 4.12. The van der Waals surface area contributed by atoms with Gasteiger partial charge in [-0.25, -0.2) is 4.79 Å². The minimum atomic E-state index is -0.509. The first-order chi connectivity index (χ1) is 12.1. The fourth-order valence-electron chi connectivity index (χ4n) is 2.54. The van der Waals surface area contributed by atoms with E-state index in [1.807, 2.05) is 42.5 Å². The van der Waals surface area contributed by atoms with Crippen molar-refractivity contribution < 1.29 is 14.3 Å². The van der Waals surface area contributed by atoms with Crippen LogP contribution in [0.1, 0.15) is 12.5 Å². The normalized spacial score (nSPS) is 10.8. The van der Waals surface area contributed by atoms with Crippen molar-refractivity contribution in [2.75, 3.05) is 5.32 Å². The number of ether oxygens (including phenoxy) is 1. The fraction of sp³-hybridized carbons (Fsp3) is 0.0476. The monoisotopic (exact) mass is 331 g/mol. The number of amides is 1. The molecule has 0 saturated carbocycles. The van der Waals surface area contributed by atoms with E-state index in [1.165, 1.54) is 13.0 Å². The van der Waals surface area contributed by atoms with Crippen LogP contribution in [0.15, 0.2) is 72.8 Å². The summed E-state index contributed by atoms with van der Waals surface area (Å²) < 4.78 is 5.34. The van der Waals surface area contributed by atoms with E-state index in [0.29, 0.717) is 11.4 Å². The van der Waals surface area contributed by atoms with E-state index in [1.54, 1.807) is 30.3 Å². The minimum absolute atomic E-state index is 0.227. The summed E-state index contributed by atoms with van der Waals surface area (Å²) in [5.41, 5.74) is 1.40. The molecule has 0 atom stereocenters. The maximum atomic E-state index is 12.1. The highest BCUT2D eigenvalue weighted by Gasteiger charge is 2.08. The summed E-state index contributed by atoms with van der Waals surface area (Å²) in [4.78, 5) is 23.4. The molecule has 1 amide bonds. The molecular weight excluding hydrogens is 314 g/mol. The molecular formula is C21H17NO3. The summed E-state index contributed by atoms with van der Waals surface area (Å²) in [7, 11) is 0. The van der Waals surface area contributed by atoms with Crippen LogP contribution in [0.2, 0.25) is 0 Å². The maximum Gasteiger partial charge on any atom is 0.336 e. The van der Waals surface area contributed by atoms with Crippen LogP contribution < -0.4 is 10.1 Å². The number of hydrogen-bond donors (Lipinski definition) is 1. The van der Waals surface area contributed by atoms with Gasteiger partial charge in [-0.1, -0.05) is 54.6 Å². The van der Waals surface area contributed by atoms with Crippen molar-refractivity contribution >= 4 is 34.4 Å². The zero-order chi connectivity index (χ0) is 17.6. The van der Waals surface area contributed by atoms with E-state index < -0.39 is 5.97 Å². The number of fused-ring (bicyclic) bond motifs is 1. The lowest BCUT2D eigenvalue weighted by Gasteiger charge is -2.08. The number of anilines is 1. The van der Waals surface area contributed by atoms with Crippen molar-refractivity contribution in [3.8, 4) is 5.75 Å². The Morgan fingerprint density at radius 3 is 2.48 bits per heavy atom. The summed E-state index contributed by atoms with van der Waals surface area (Å²) in [5.74, 6) is -0.425. The fourth-order valence-corrected chi connectivity index (χ4v) is 2.54. The van der Waals surface area contributed by atoms with Gasteiger partial charge >= 0.3 is 5.97 Å². The summed E-state index contributed by atoms with van der Waals surface area (Å²) in [6, 6.07) is 20.7. The lowest BCUT2D eigenvalue weighted by atomic mass is 10.0. The van der Waals surface area contributed by atoms with Crippen molar-refractivity contribution in [1.29, 1.82) is 0 Å². The Bertz CT molecular complexity index is 955. The van der Waals surface area contributed by atoms with Crippen molar-refractivity contribution in [2.24, 2.45) is 0 Å². The molecule has 0 radical (unpaired) electrons. The van der Waals surface area contributed by atoms with Crippen LogP contribution >= 0.6 is 0 Å². The standard InChI is InChI=1S/C21H17NO3/c1-15(23)22-19-11-4-5-12-20(19)25-21(24)14-13-17-9-6-8-16-7-2-3-10-18(16)17/h2-14H,1H3,(H,22,23)/b14-13+. The molecule has 0 aliphatic carbocycles. The van der Waals surface area contributed by atoms with Gasteiger partial charge in [0.1, 0.15) is 0 Å². The van der Waals surface area contributed by atoms with Crippen molar-refractivity contribution in [3.63, 3.8) is 0 Å². The molecule has 3 aromatic rings. The second-order valence-corrected chi connectivity index (χ2v) is 5.50. The molecule has 4 nitrogen and oxygen atoms in total. The van der Waals surface area contributed by atoms with Gasteiger partial charge in [0, 0.05) is 13.0 Å². The third-order valence-electron chi connectivity index (χ3n) is 3.63. The Balaban J connectivity index is 1.79. The molecule has 0 aliphatic rings. The third-order valence-corrected chi connectivity index (χ3v) is 3.63. The van der Waals surface area contributed by atoms with Gasteiger partial charge in [-0.2, -0.15) is 0 Å². The maximum absolute atomic E-state index is 12.1. The molecule has 0 saturated heterocycles. The van der Waals surface area contributed by atoms with Gasteiger partial charge in [-0.05, 0) is 34.5 Å². The Labute approximate surface area is 145 Å². The van der Waals surface area contributed by atoms with Crippen molar-refractivity contribution in [1.82, 2.24) is 0 Å². The lowest BCUT2D eigenvalue weighted by molar-refractivity contribution is -0.129. The zero-order valence-electron chi connectivity index (χ0n) is 13.7. The molecule has 0 bridgehead atoms. The first-order valence-corrected chi connectivity index (χ1v) is 7.88. The van der Waals surface area contributed by atoms with E-state index in [-0.39, 0.29) is 5.91 Å². The molecule has 0 aliphatic heterocycles. The second kappa shape index (κ2) is 7.45. The van der Waals surface area contributed by atoms with Gasteiger partial charge in [-0.3, -0.25) is 4.79 Å². The lowest BCUT2D eigenvalue weighted by Crippen LogP contribution is -2.10. The Hall–Kier alpha value is -3.40. The van der Waals surface area contributed by atoms with Crippen LogP contribution in [0, 0.1) is 0 Å². The molecule has 3 rings (SSSR count). The van der Waals surface area contributed by atoms with Crippen LogP contribution in [0.5, 0.6) is 5.75 Å². The molecule has 0 heterocycles. The Morgan fingerprint density at radius 2 is 1.64 bits per heavy atom. The molecule has 124 valence electrons. The number of carbonyl (C=O) groups excluding carboxylic acids is 2. The molecule has 25 heavy (non-hydrogen) atoms. The molecule has 3 aromatic carbocycles. The number of carbonyl (C=O) groups is 2. The number of para-hydroxylation sites is 2. The van der Waals surface area contributed by atoms with Crippen LogP contribution in [0.25, 0.3) is 16.8 Å². The molecule has 1 N–H and O–H groups in total. The summed E-state index contributed by atoms with van der Waals surface area (Å²) >= 11 is 0. The van der Waals surface area contributed by atoms with Gasteiger partial charge in [-0.15, -0.1) is 0 Å². The molecule has 0 spiro atoms. The van der Waals surface area contributed by atoms with Gasteiger partial charge in [0.05, 0.1) is 5.69 Å². The van der Waals surface area contributed by atoms with E-state index in [9.17, 15) is 9.59 Å². The highest BCUT2D eigenvalue weighted by Crippen LogP contribution is 2.24. The summed E-state index contributed by atoms with van der Waals surface area (Å²) in [6.45, 7) is 1.40. The van der Waals surface area contributed by atoms with E-state index in [0.717, 1.165) is 16.3 Å². The van der Waals surface area contributed by atoms with Gasteiger partial charge in [0.15, 0.2) is 5.75 Å². The predicted octanol–water partition coefficient (Wildman–Crippen LogP) is 4.42. The highest BCUT2D eigenvalue weighted by molar-refractivity contribution is 5.96. The Kier molecular flexibility index (Phi) is 4.90. The largest absolute Gasteiger partial charge is 0.421 e. The Morgan fingerprint density at radius 1 is 0.920 bits per heavy atom. The zero-order valence-corrected chi connectivity index (χ0v) is 13.7. The van der Waals surface area contributed by atoms with Gasteiger partial charge < -0.3 is 10.1 Å². The van der Waals surface area contributed by atoms with Crippen molar-refractivity contribution in [2.45, 2.75) is 6.92 Å². The SMILES string of the molecule is CC(=O)Nc1ccccc1OC(=O)/C=C/c1cccc2ccccc12. The number of hydrogen-bond acceptors (Lipinski definition) is 3. The van der Waals surface area contributed by atoms with E-state index in [4.69, 9.17) is 4.74 Å². The molecule has 4 heteroatoms. The predicted molar refractivity (Wildman–Crippen MR) is 99.4 cm³/mol. The number of nitrogens with one attached hydrogen (secondary N) is 1. The first kappa shape index (κ1) is 16.5. The quantitative estimate of drug-likeness (QED) is 0.437. The average Bonchev–Trinajstić information content (AvgIpc) is 2.61. The molecule has 0 unspecified atom stereocenters. The summed E-state index contributed by atoms with van der Waals surface area (Å²) in [5, 5.41) is 4.80. The van der Waals surface area contributed by atoms with E-state index >= 15 is 0 Å². The first-order valence-electron chi connectivity index (χ1n) is 7.88. The topological polar surface area (TPSA) is 55.4 Å². The number of rotatable bonds is 4.